The Bertz CT molecular complexity index is 3030. The van der Waals surface area contributed by atoms with E-state index in [-0.39, 0.29) is 34.7 Å². The highest BCUT2D eigenvalue weighted by Gasteiger charge is 2.39. The smallest absolute Gasteiger partial charge is 0.309 e. The molecule has 7 aromatic carbocycles. The molecule has 9 rings (SSSR count). The van der Waals surface area contributed by atoms with Gasteiger partial charge in [-0.1, -0.05) is 115 Å². The molecule has 0 fully saturated rings. The maximum absolute atomic E-state index is 14.8. The van der Waals surface area contributed by atoms with E-state index in [2.05, 4.69) is 6.07 Å². The normalized spacial score (nSPS) is 11.9. The van der Waals surface area contributed by atoms with E-state index in [4.69, 9.17) is 15.0 Å². The van der Waals surface area contributed by atoms with Gasteiger partial charge in [0.2, 0.25) is 0 Å². The lowest BCUT2D eigenvalue weighted by Gasteiger charge is -2.19. The molecule has 286 valence electrons. The van der Waals surface area contributed by atoms with Crippen molar-refractivity contribution in [3.8, 4) is 68.2 Å². The maximum Gasteiger partial charge on any atom is 0.417 e. The fourth-order valence-corrected chi connectivity index (χ4v) is 7.46. The number of benzene rings is 7. The van der Waals surface area contributed by atoms with E-state index in [9.17, 15) is 31.6 Å². The Balaban J connectivity index is 1.34. The van der Waals surface area contributed by atoms with E-state index < -0.39 is 29.0 Å². The molecule has 0 bridgehead atoms. The second-order valence-electron chi connectivity index (χ2n) is 13.8. The van der Waals surface area contributed by atoms with Crippen molar-refractivity contribution in [2.75, 3.05) is 0 Å². The molecule has 0 atom stereocenters. The van der Waals surface area contributed by atoms with E-state index in [0.29, 0.717) is 28.4 Å². The Morgan fingerprint density at radius 3 is 1.69 bits per heavy atom. The van der Waals surface area contributed by atoms with Crippen LogP contribution in [0.2, 0.25) is 0 Å². The molecule has 0 unspecified atom stereocenters. The first-order chi connectivity index (χ1) is 28.5. The van der Waals surface area contributed by atoms with Crippen LogP contribution in [0.1, 0.15) is 16.7 Å². The van der Waals surface area contributed by atoms with Gasteiger partial charge in [0, 0.05) is 33.2 Å². The molecule has 0 radical (unpaired) electrons. The predicted molar refractivity (Wildman–Crippen MR) is 216 cm³/mol. The summed E-state index contributed by atoms with van der Waals surface area (Å²) in [4.78, 5) is 14.4. The number of para-hydroxylation sites is 1. The molecule has 0 saturated heterocycles. The van der Waals surface area contributed by atoms with E-state index in [0.717, 1.165) is 39.0 Å². The molecule has 59 heavy (non-hydrogen) atoms. The molecule has 2 heterocycles. The number of fused-ring (bicyclic) bond motifs is 3. The molecule has 11 heteroatoms. The maximum atomic E-state index is 14.8. The molecule has 0 aliphatic carbocycles. The van der Waals surface area contributed by atoms with Crippen molar-refractivity contribution in [2.24, 2.45) is 0 Å². The van der Waals surface area contributed by atoms with Crippen molar-refractivity contribution >= 4 is 21.8 Å². The molecular formula is C48H27F6N5. The molecular weight excluding hydrogens is 761 g/mol. The Kier molecular flexibility index (Phi) is 9.05. The van der Waals surface area contributed by atoms with Crippen molar-refractivity contribution < 1.29 is 26.3 Å². The van der Waals surface area contributed by atoms with E-state index in [1.807, 2.05) is 71.3 Å². The lowest BCUT2D eigenvalue weighted by atomic mass is 9.92. The van der Waals surface area contributed by atoms with Gasteiger partial charge in [-0.25, -0.2) is 15.0 Å². The zero-order valence-corrected chi connectivity index (χ0v) is 30.6. The van der Waals surface area contributed by atoms with Crippen LogP contribution in [-0.2, 0) is 12.4 Å². The number of rotatable bonds is 6. The lowest BCUT2D eigenvalue weighted by molar-refractivity contribution is -0.142. The van der Waals surface area contributed by atoms with Crippen LogP contribution in [0.25, 0.3) is 83.9 Å². The van der Waals surface area contributed by atoms with Crippen molar-refractivity contribution in [1.82, 2.24) is 19.5 Å². The quantitative estimate of drug-likeness (QED) is 0.157. The fraction of sp³-hybridized carbons (Fsp3) is 0.0417. The van der Waals surface area contributed by atoms with Gasteiger partial charge in [0.05, 0.1) is 33.8 Å². The lowest BCUT2D eigenvalue weighted by Crippen LogP contribution is -2.12. The Morgan fingerprint density at radius 1 is 0.441 bits per heavy atom. The van der Waals surface area contributed by atoms with Gasteiger partial charge in [-0.3, -0.25) is 0 Å². The van der Waals surface area contributed by atoms with Crippen LogP contribution in [0.15, 0.2) is 164 Å². The molecule has 5 nitrogen and oxygen atoms in total. The van der Waals surface area contributed by atoms with Crippen LogP contribution in [0.3, 0.4) is 0 Å². The summed E-state index contributed by atoms with van der Waals surface area (Å²) in [5, 5.41) is 11.6. The average Bonchev–Trinajstić information content (AvgIpc) is 3.59. The van der Waals surface area contributed by atoms with Gasteiger partial charge >= 0.3 is 12.4 Å². The van der Waals surface area contributed by atoms with Gasteiger partial charge in [0.25, 0.3) is 0 Å². The summed E-state index contributed by atoms with van der Waals surface area (Å²) in [6.45, 7) is 0. The third-order valence-corrected chi connectivity index (χ3v) is 10.2. The number of hydrogen-bond donors (Lipinski definition) is 0. The molecule has 0 aliphatic heterocycles. The topological polar surface area (TPSA) is 67.4 Å². The van der Waals surface area contributed by atoms with Crippen molar-refractivity contribution in [2.45, 2.75) is 12.4 Å². The minimum absolute atomic E-state index is 0.0127. The van der Waals surface area contributed by atoms with Crippen LogP contribution in [0.4, 0.5) is 26.3 Å². The van der Waals surface area contributed by atoms with Gasteiger partial charge in [0.1, 0.15) is 0 Å². The Morgan fingerprint density at radius 2 is 1.03 bits per heavy atom. The largest absolute Gasteiger partial charge is 0.417 e. The number of halogens is 6. The number of alkyl halides is 6. The summed E-state index contributed by atoms with van der Waals surface area (Å²) in [5.74, 6) is 0.506. The standard InChI is InChI=1S/C48H27F6N5/c49-47(50,51)33-20-22-37(41(26-33)48(52,53)54)36-23-21-34(27-40(36)46-57-44(29-11-3-1-4-12-29)56-45(58-46)30-13-5-2-6-14-30)59-42-18-10-9-17-38(42)39-25-31(19-24-43(39)59)35-16-8-7-15-32(35)28-55/h1-27H. The van der Waals surface area contributed by atoms with Crippen LogP contribution in [0.5, 0.6) is 0 Å². The Labute approximate surface area is 333 Å². The SMILES string of the molecule is N#Cc1ccccc1-c1ccc2c(c1)c1ccccc1n2-c1ccc(-c2ccc(C(F)(F)F)cc2C(F)(F)F)c(-c2nc(-c3ccccc3)nc(-c3ccccc3)n2)c1. The van der Waals surface area contributed by atoms with E-state index in [1.54, 1.807) is 72.8 Å². The van der Waals surface area contributed by atoms with Crippen LogP contribution >= 0.6 is 0 Å². The Hall–Kier alpha value is -7.58. The van der Waals surface area contributed by atoms with Gasteiger partial charge < -0.3 is 4.57 Å². The third-order valence-electron chi connectivity index (χ3n) is 10.2. The zero-order valence-electron chi connectivity index (χ0n) is 30.6. The van der Waals surface area contributed by atoms with Crippen molar-refractivity contribution in [3.05, 3.63) is 180 Å². The van der Waals surface area contributed by atoms with Gasteiger partial charge in [0.15, 0.2) is 17.5 Å². The highest BCUT2D eigenvalue weighted by molar-refractivity contribution is 6.10. The summed E-state index contributed by atoms with van der Waals surface area (Å²) in [6.07, 6.45) is -10.2. The highest BCUT2D eigenvalue weighted by Crippen LogP contribution is 2.45. The summed E-state index contributed by atoms with van der Waals surface area (Å²) in [5.41, 5.74) is 2.16. The second-order valence-corrected chi connectivity index (χ2v) is 13.8. The fourth-order valence-electron chi connectivity index (χ4n) is 7.46. The van der Waals surface area contributed by atoms with Crippen LogP contribution < -0.4 is 0 Å². The van der Waals surface area contributed by atoms with Gasteiger partial charge in [-0.15, -0.1) is 0 Å². The van der Waals surface area contributed by atoms with Crippen LogP contribution in [0, 0.1) is 11.3 Å². The first-order valence-electron chi connectivity index (χ1n) is 18.3. The van der Waals surface area contributed by atoms with Gasteiger partial charge in [-0.05, 0) is 70.8 Å². The molecule has 0 spiro atoms. The first kappa shape index (κ1) is 37.0. The number of nitriles is 1. The average molecular weight is 788 g/mol. The number of hydrogen-bond acceptors (Lipinski definition) is 4. The van der Waals surface area contributed by atoms with Crippen molar-refractivity contribution in [1.29, 1.82) is 5.26 Å². The van der Waals surface area contributed by atoms with Gasteiger partial charge in [-0.2, -0.15) is 31.6 Å². The zero-order chi connectivity index (χ0) is 40.9. The summed E-state index contributed by atoms with van der Waals surface area (Å²) in [6, 6.07) is 47.5. The minimum atomic E-state index is -5.15. The summed E-state index contributed by atoms with van der Waals surface area (Å²) >= 11 is 0. The predicted octanol–water partition coefficient (Wildman–Crippen LogP) is 13.2. The first-order valence-corrected chi connectivity index (χ1v) is 18.3. The van der Waals surface area contributed by atoms with E-state index >= 15 is 0 Å². The number of aromatic nitrogens is 4. The highest BCUT2D eigenvalue weighted by atomic mass is 19.4. The molecule has 0 saturated carbocycles. The van der Waals surface area contributed by atoms with Crippen LogP contribution in [-0.4, -0.2) is 19.5 Å². The summed E-state index contributed by atoms with van der Waals surface area (Å²) < 4.78 is 88.0. The van der Waals surface area contributed by atoms with Crippen molar-refractivity contribution in [3.63, 3.8) is 0 Å². The monoisotopic (exact) mass is 787 g/mol. The molecule has 2 aromatic heterocycles. The van der Waals surface area contributed by atoms with E-state index in [1.165, 1.54) is 6.07 Å². The second kappa shape index (κ2) is 14.4. The third kappa shape index (κ3) is 6.84. The summed E-state index contributed by atoms with van der Waals surface area (Å²) in [7, 11) is 0. The molecule has 9 aromatic rings. The molecule has 0 amide bonds. The molecule has 0 N–H and O–H groups in total. The molecule has 0 aliphatic rings. The number of nitrogens with zero attached hydrogens (tertiary/aromatic N) is 5. The minimum Gasteiger partial charge on any atom is -0.309 e.